The van der Waals surface area contributed by atoms with E-state index >= 15 is 0 Å². The summed E-state index contributed by atoms with van der Waals surface area (Å²) in [5.74, 6) is -4.18. The molecule has 3 fully saturated rings. The van der Waals surface area contributed by atoms with Gasteiger partial charge >= 0.3 is 29.8 Å². The maximum Gasteiger partial charge on any atom is 0.338 e. The van der Waals surface area contributed by atoms with Gasteiger partial charge in [-0.05, 0) is 48.5 Å². The number of carbonyl (C=O) groups is 5. The van der Waals surface area contributed by atoms with Gasteiger partial charge in [0.1, 0.15) is 49.8 Å². The van der Waals surface area contributed by atoms with Crippen LogP contribution in [0.2, 0.25) is 0 Å². The molecule has 11 atom stereocenters. The van der Waals surface area contributed by atoms with Gasteiger partial charge in [0.25, 0.3) is 0 Å². The third-order valence-electron chi connectivity index (χ3n) is 9.74. The molecule has 59 heavy (non-hydrogen) atoms. The molecule has 3 saturated heterocycles. The van der Waals surface area contributed by atoms with E-state index in [0.29, 0.717) is 0 Å². The van der Waals surface area contributed by atoms with Gasteiger partial charge in [-0.1, -0.05) is 72.8 Å². The van der Waals surface area contributed by atoms with Gasteiger partial charge in [0, 0.05) is 6.92 Å². The number of rotatable bonds is 13. The zero-order chi connectivity index (χ0) is 41.5. The standard InChI is InChI=1S/C43H40O16/c1-24(44)51-22-29-33-35(31(45)32(46)42(53-29)58-33)59-43-37(57-41(50)28-20-12-5-13-21-28)36(56-40(49)27-18-10-4-11-19-27)34(55-39(48)26-16-8-3-9-17-26)30(54-43)23-52-38(47)25-14-6-2-7-15-25/h2-21,29-37,42-43,45-46H,22-23H2,1H3/t29-,30+,31+,32-,33+,34+,35-,36-,37+,42+,43-/m0/s1. The molecule has 0 amide bonds. The second-order valence-electron chi connectivity index (χ2n) is 13.7. The van der Waals surface area contributed by atoms with Crippen molar-refractivity contribution in [2.45, 2.75) is 74.4 Å². The molecule has 0 aliphatic carbocycles. The minimum Gasteiger partial charge on any atom is -0.463 e. The number of esters is 5. The summed E-state index contributed by atoms with van der Waals surface area (Å²) in [6.45, 7) is 0.208. The van der Waals surface area contributed by atoms with Crippen LogP contribution in [0.5, 0.6) is 0 Å². The smallest absolute Gasteiger partial charge is 0.338 e. The Balaban J connectivity index is 1.30. The fourth-order valence-corrected chi connectivity index (χ4v) is 6.81. The highest BCUT2D eigenvalue weighted by Gasteiger charge is 2.59. The summed E-state index contributed by atoms with van der Waals surface area (Å²) in [7, 11) is 0. The highest BCUT2D eigenvalue weighted by Crippen LogP contribution is 2.38. The summed E-state index contributed by atoms with van der Waals surface area (Å²) < 4.78 is 53.3. The van der Waals surface area contributed by atoms with Gasteiger partial charge in [-0.25, -0.2) is 19.2 Å². The first kappa shape index (κ1) is 41.2. The number of ether oxygens (including phenoxy) is 9. The molecular weight excluding hydrogens is 772 g/mol. The summed E-state index contributed by atoms with van der Waals surface area (Å²) in [6.07, 6.45) is -17.0. The first-order valence-corrected chi connectivity index (χ1v) is 18.7. The topological polar surface area (TPSA) is 209 Å². The van der Waals surface area contributed by atoms with Gasteiger partial charge in [0.05, 0.1) is 22.3 Å². The molecular formula is C43H40O16. The number of benzene rings is 4. The molecule has 308 valence electrons. The summed E-state index contributed by atoms with van der Waals surface area (Å²) in [4.78, 5) is 66.5. The molecule has 0 aromatic heterocycles. The molecule has 3 heterocycles. The van der Waals surface area contributed by atoms with E-state index in [2.05, 4.69) is 0 Å². The molecule has 7 rings (SSSR count). The first-order valence-electron chi connectivity index (χ1n) is 18.7. The van der Waals surface area contributed by atoms with Crippen molar-refractivity contribution in [1.29, 1.82) is 0 Å². The molecule has 2 bridgehead atoms. The number of aliphatic hydroxyl groups excluding tert-OH is 2. The Bertz CT molecular complexity index is 2070. The summed E-state index contributed by atoms with van der Waals surface area (Å²) in [5.41, 5.74) is 0.428. The van der Waals surface area contributed by atoms with Gasteiger partial charge in [0.2, 0.25) is 0 Å². The van der Waals surface area contributed by atoms with Crippen molar-refractivity contribution in [2.75, 3.05) is 13.2 Å². The number of hydrogen-bond donors (Lipinski definition) is 2. The van der Waals surface area contributed by atoms with Crippen molar-refractivity contribution in [3.05, 3.63) is 144 Å². The zero-order valence-corrected chi connectivity index (χ0v) is 31.4. The number of fused-ring (bicyclic) bond motifs is 2. The van der Waals surface area contributed by atoms with Crippen LogP contribution in [0.4, 0.5) is 0 Å². The molecule has 4 aromatic rings. The Morgan fingerprint density at radius 1 is 0.492 bits per heavy atom. The highest BCUT2D eigenvalue weighted by molar-refractivity contribution is 5.91. The van der Waals surface area contributed by atoms with E-state index in [-0.39, 0.29) is 28.9 Å². The van der Waals surface area contributed by atoms with Gasteiger partial charge in [-0.3, -0.25) is 4.79 Å². The Morgan fingerprint density at radius 3 is 1.42 bits per heavy atom. The van der Waals surface area contributed by atoms with E-state index < -0.39 is 104 Å². The van der Waals surface area contributed by atoms with Crippen LogP contribution in [0, 0.1) is 0 Å². The molecule has 2 N–H and O–H groups in total. The fraction of sp³-hybridized carbons (Fsp3) is 0.326. The zero-order valence-electron chi connectivity index (χ0n) is 31.4. The van der Waals surface area contributed by atoms with Crippen LogP contribution in [0.15, 0.2) is 121 Å². The minimum atomic E-state index is -1.83. The van der Waals surface area contributed by atoms with Crippen molar-refractivity contribution in [2.24, 2.45) is 0 Å². The molecule has 0 saturated carbocycles. The molecule has 0 radical (unpaired) electrons. The van der Waals surface area contributed by atoms with Crippen LogP contribution in [0.3, 0.4) is 0 Å². The molecule has 16 nitrogen and oxygen atoms in total. The third-order valence-corrected chi connectivity index (χ3v) is 9.74. The lowest BCUT2D eigenvalue weighted by atomic mass is 9.95. The molecule has 4 aromatic carbocycles. The minimum absolute atomic E-state index is 0.0704. The normalized spacial score (nSPS) is 28.4. The maximum absolute atomic E-state index is 13.9. The van der Waals surface area contributed by atoms with Crippen molar-refractivity contribution < 1.29 is 76.8 Å². The van der Waals surface area contributed by atoms with E-state index in [0.717, 1.165) is 0 Å². The molecule has 0 spiro atoms. The van der Waals surface area contributed by atoms with Crippen molar-refractivity contribution in [1.82, 2.24) is 0 Å². The van der Waals surface area contributed by atoms with Crippen LogP contribution >= 0.6 is 0 Å². The molecule has 16 heteroatoms. The van der Waals surface area contributed by atoms with Crippen LogP contribution in [0.25, 0.3) is 0 Å². The lowest BCUT2D eigenvalue weighted by molar-refractivity contribution is -0.335. The molecule has 3 aliphatic heterocycles. The van der Waals surface area contributed by atoms with E-state index in [9.17, 15) is 34.2 Å². The molecule has 3 aliphatic rings. The predicted octanol–water partition coefficient (Wildman–Crippen LogP) is 3.04. The monoisotopic (exact) mass is 812 g/mol. The van der Waals surface area contributed by atoms with Crippen molar-refractivity contribution in [3.8, 4) is 0 Å². The SMILES string of the molecule is CC(=O)OC[C@@H]1O[C@@H]2O[C@H]1[C@@H](O[C@@H]1O[C@H](COC(=O)c3ccccc3)[C@@H](OC(=O)c3ccccc3)[C@H](OC(=O)c3ccccc3)[C@H]1OC(=O)c1ccccc1)[C@H](O)[C@@H]2O. The Labute approximate surface area is 337 Å². The number of hydrogen-bond acceptors (Lipinski definition) is 16. The van der Waals surface area contributed by atoms with Crippen LogP contribution in [-0.2, 0) is 47.4 Å². The van der Waals surface area contributed by atoms with Gasteiger partial charge in [0.15, 0.2) is 30.9 Å². The Morgan fingerprint density at radius 2 is 0.932 bits per heavy atom. The largest absolute Gasteiger partial charge is 0.463 e. The summed E-state index contributed by atoms with van der Waals surface area (Å²) in [6, 6.07) is 31.5. The predicted molar refractivity (Wildman–Crippen MR) is 199 cm³/mol. The lowest BCUT2D eigenvalue weighted by Crippen LogP contribution is -2.65. The average molecular weight is 813 g/mol. The Hall–Kier alpha value is -6.01. The van der Waals surface area contributed by atoms with Gasteiger partial charge in [-0.2, -0.15) is 0 Å². The second kappa shape index (κ2) is 18.7. The summed E-state index contributed by atoms with van der Waals surface area (Å²) in [5, 5.41) is 22.4. The maximum atomic E-state index is 13.9. The summed E-state index contributed by atoms with van der Waals surface area (Å²) >= 11 is 0. The van der Waals surface area contributed by atoms with Crippen LogP contribution in [0.1, 0.15) is 48.4 Å². The van der Waals surface area contributed by atoms with E-state index in [1.54, 1.807) is 72.8 Å². The van der Waals surface area contributed by atoms with E-state index in [1.165, 1.54) is 55.5 Å². The first-order chi connectivity index (χ1) is 28.6. The van der Waals surface area contributed by atoms with Crippen LogP contribution in [-0.4, -0.2) is 121 Å². The third kappa shape index (κ3) is 9.66. The fourth-order valence-electron chi connectivity index (χ4n) is 6.81. The lowest BCUT2D eigenvalue weighted by Gasteiger charge is -2.46. The van der Waals surface area contributed by atoms with Crippen molar-refractivity contribution in [3.63, 3.8) is 0 Å². The highest BCUT2D eigenvalue weighted by atomic mass is 16.8. The Kier molecular flexibility index (Phi) is 13.1. The van der Waals surface area contributed by atoms with Crippen LogP contribution < -0.4 is 0 Å². The second-order valence-corrected chi connectivity index (χ2v) is 13.7. The van der Waals surface area contributed by atoms with E-state index in [1.807, 2.05) is 0 Å². The number of aliphatic hydroxyl groups is 2. The van der Waals surface area contributed by atoms with E-state index in [4.69, 9.17) is 42.6 Å². The van der Waals surface area contributed by atoms with Crippen molar-refractivity contribution >= 4 is 29.8 Å². The van der Waals surface area contributed by atoms with Gasteiger partial charge < -0.3 is 52.8 Å². The average Bonchev–Trinajstić information content (AvgIpc) is 3.66. The molecule has 0 unspecified atom stereocenters. The van der Waals surface area contributed by atoms with Gasteiger partial charge in [-0.15, -0.1) is 0 Å². The number of carbonyl (C=O) groups excluding carboxylic acids is 5. The quantitative estimate of drug-likeness (QED) is 0.147.